The first-order valence-corrected chi connectivity index (χ1v) is 8.70. The molecular weight excluding hydrogens is 315 g/mol. The molecule has 0 radical (unpaired) electrons. The average Bonchev–Trinajstić information content (AvgIpc) is 2.45. The zero-order valence-electron chi connectivity index (χ0n) is 12.6. The SMILES string of the molecule is O=C(CCCl)OCCCCCCCCCOC(=O)CCCl. The monoisotopic (exact) mass is 340 g/mol. The minimum atomic E-state index is -0.214. The normalized spacial score (nSPS) is 10.4. The molecule has 0 N–H and O–H groups in total. The lowest BCUT2D eigenvalue weighted by molar-refractivity contribution is -0.144. The molecular formula is C15H26Cl2O4. The van der Waals surface area contributed by atoms with Gasteiger partial charge in [-0.2, -0.15) is 0 Å². The summed E-state index contributed by atoms with van der Waals surface area (Å²) in [5, 5.41) is 0. The van der Waals surface area contributed by atoms with E-state index < -0.39 is 0 Å². The Kier molecular flexibility index (Phi) is 15.5. The van der Waals surface area contributed by atoms with E-state index in [1.54, 1.807) is 0 Å². The van der Waals surface area contributed by atoms with Gasteiger partial charge in [0.1, 0.15) is 0 Å². The van der Waals surface area contributed by atoms with Gasteiger partial charge in [-0.1, -0.05) is 32.1 Å². The van der Waals surface area contributed by atoms with E-state index in [-0.39, 0.29) is 24.8 Å². The van der Waals surface area contributed by atoms with Crippen molar-refractivity contribution in [3.05, 3.63) is 0 Å². The summed E-state index contributed by atoms with van der Waals surface area (Å²) in [6.45, 7) is 0.985. The molecule has 0 heterocycles. The molecule has 4 nitrogen and oxygen atoms in total. The van der Waals surface area contributed by atoms with Gasteiger partial charge >= 0.3 is 11.9 Å². The fourth-order valence-corrected chi connectivity index (χ4v) is 2.07. The summed E-state index contributed by atoms with van der Waals surface area (Å²) in [5.41, 5.74) is 0. The van der Waals surface area contributed by atoms with Crippen molar-refractivity contribution in [3.8, 4) is 0 Å². The van der Waals surface area contributed by atoms with Gasteiger partial charge in [0.2, 0.25) is 0 Å². The van der Waals surface area contributed by atoms with E-state index in [9.17, 15) is 9.59 Å². The summed E-state index contributed by atoms with van der Waals surface area (Å²) in [6, 6.07) is 0. The Morgan fingerprint density at radius 2 is 0.952 bits per heavy atom. The number of ether oxygens (including phenoxy) is 2. The molecule has 0 atom stereocenters. The van der Waals surface area contributed by atoms with Crippen LogP contribution in [0.2, 0.25) is 0 Å². The van der Waals surface area contributed by atoms with E-state index in [2.05, 4.69) is 0 Å². The second kappa shape index (κ2) is 15.9. The second-order valence-corrected chi connectivity index (χ2v) is 5.55. The van der Waals surface area contributed by atoms with E-state index in [1.807, 2.05) is 0 Å². The molecule has 0 amide bonds. The molecule has 0 unspecified atom stereocenters. The lowest BCUT2D eigenvalue weighted by Gasteiger charge is -2.05. The first kappa shape index (κ1) is 20.5. The molecule has 0 fully saturated rings. The van der Waals surface area contributed by atoms with E-state index in [0.29, 0.717) is 25.0 Å². The van der Waals surface area contributed by atoms with Crippen LogP contribution in [0.5, 0.6) is 0 Å². The maximum absolute atomic E-state index is 11.0. The highest BCUT2D eigenvalue weighted by atomic mass is 35.5. The number of alkyl halides is 2. The van der Waals surface area contributed by atoms with Crippen LogP contribution in [-0.2, 0) is 19.1 Å². The fourth-order valence-electron chi connectivity index (χ4n) is 1.76. The predicted octanol–water partition coefficient (Wildman–Crippen LogP) is 4.06. The van der Waals surface area contributed by atoms with Gasteiger partial charge < -0.3 is 9.47 Å². The number of hydrogen-bond donors (Lipinski definition) is 0. The number of halogens is 2. The molecule has 0 aromatic rings. The standard InChI is InChI=1S/C15H26Cl2O4/c16-10-8-14(18)20-12-6-4-2-1-3-5-7-13-21-15(19)9-11-17/h1-13H2. The highest BCUT2D eigenvalue weighted by Crippen LogP contribution is 2.08. The van der Waals surface area contributed by atoms with Crippen LogP contribution in [0.3, 0.4) is 0 Å². The van der Waals surface area contributed by atoms with E-state index in [0.717, 1.165) is 44.9 Å². The summed E-state index contributed by atoms with van der Waals surface area (Å²) >= 11 is 10.9. The first-order chi connectivity index (χ1) is 10.2. The average molecular weight is 341 g/mol. The van der Waals surface area contributed by atoms with Gasteiger partial charge in [-0.15, -0.1) is 23.2 Å². The molecule has 0 rings (SSSR count). The molecule has 124 valence electrons. The smallest absolute Gasteiger partial charge is 0.306 e. The van der Waals surface area contributed by atoms with Crippen LogP contribution in [0, 0.1) is 0 Å². The van der Waals surface area contributed by atoms with Crippen molar-refractivity contribution < 1.29 is 19.1 Å². The van der Waals surface area contributed by atoms with Gasteiger partial charge in [0.15, 0.2) is 0 Å². The number of carbonyl (C=O) groups is 2. The number of carbonyl (C=O) groups excluding carboxylic acids is 2. The quantitative estimate of drug-likeness (QED) is 0.272. The summed E-state index contributed by atoms with van der Waals surface area (Å²) in [7, 11) is 0. The van der Waals surface area contributed by atoms with Gasteiger partial charge in [0, 0.05) is 11.8 Å². The van der Waals surface area contributed by atoms with Gasteiger partial charge in [-0.05, 0) is 12.8 Å². The van der Waals surface area contributed by atoms with E-state index >= 15 is 0 Å². The van der Waals surface area contributed by atoms with Crippen molar-refractivity contribution in [2.75, 3.05) is 25.0 Å². The molecule has 0 spiro atoms. The van der Waals surface area contributed by atoms with Gasteiger partial charge in [0.25, 0.3) is 0 Å². The minimum absolute atomic E-state index is 0.214. The molecule has 0 aliphatic rings. The zero-order chi connectivity index (χ0) is 15.8. The third kappa shape index (κ3) is 15.7. The van der Waals surface area contributed by atoms with Gasteiger partial charge in [0.05, 0.1) is 26.1 Å². The minimum Gasteiger partial charge on any atom is -0.466 e. The molecule has 0 aromatic carbocycles. The highest BCUT2D eigenvalue weighted by molar-refractivity contribution is 6.19. The molecule has 21 heavy (non-hydrogen) atoms. The Morgan fingerprint density at radius 1 is 0.619 bits per heavy atom. The first-order valence-electron chi connectivity index (χ1n) is 7.64. The summed E-state index contributed by atoms with van der Waals surface area (Å²) in [4.78, 5) is 22.0. The third-order valence-corrected chi connectivity index (χ3v) is 3.29. The van der Waals surface area contributed by atoms with Crippen LogP contribution in [0.15, 0.2) is 0 Å². The topological polar surface area (TPSA) is 52.6 Å². The predicted molar refractivity (Wildman–Crippen MR) is 84.9 cm³/mol. The van der Waals surface area contributed by atoms with Crippen molar-refractivity contribution in [1.29, 1.82) is 0 Å². The van der Waals surface area contributed by atoms with Crippen LogP contribution in [0.25, 0.3) is 0 Å². The number of rotatable bonds is 14. The largest absolute Gasteiger partial charge is 0.466 e. The summed E-state index contributed by atoms with van der Waals surface area (Å²) in [6.07, 6.45) is 7.96. The van der Waals surface area contributed by atoms with Crippen LogP contribution in [-0.4, -0.2) is 36.9 Å². The second-order valence-electron chi connectivity index (χ2n) is 4.79. The fraction of sp³-hybridized carbons (Fsp3) is 0.867. The molecule has 0 bridgehead atoms. The van der Waals surface area contributed by atoms with E-state index in [4.69, 9.17) is 32.7 Å². The van der Waals surface area contributed by atoms with Gasteiger partial charge in [-0.3, -0.25) is 9.59 Å². The Bertz CT molecular complexity index is 246. The number of hydrogen-bond acceptors (Lipinski definition) is 4. The van der Waals surface area contributed by atoms with Crippen LogP contribution in [0.4, 0.5) is 0 Å². The maximum Gasteiger partial charge on any atom is 0.306 e. The van der Waals surface area contributed by atoms with Crippen molar-refractivity contribution in [3.63, 3.8) is 0 Å². The Labute approximate surface area is 137 Å². The van der Waals surface area contributed by atoms with Crippen molar-refractivity contribution in [2.24, 2.45) is 0 Å². The lowest BCUT2D eigenvalue weighted by Crippen LogP contribution is -2.06. The van der Waals surface area contributed by atoms with Gasteiger partial charge in [-0.25, -0.2) is 0 Å². The summed E-state index contributed by atoms with van der Waals surface area (Å²) < 4.78 is 10.0. The zero-order valence-corrected chi connectivity index (χ0v) is 14.1. The molecule has 0 aliphatic carbocycles. The Morgan fingerprint density at radius 3 is 1.29 bits per heavy atom. The van der Waals surface area contributed by atoms with Crippen molar-refractivity contribution in [2.45, 2.75) is 57.8 Å². The Hall–Kier alpha value is -0.480. The number of esters is 2. The molecule has 0 saturated carbocycles. The molecule has 6 heteroatoms. The summed E-state index contributed by atoms with van der Waals surface area (Å²) in [5.74, 6) is 0.211. The highest BCUT2D eigenvalue weighted by Gasteiger charge is 2.01. The number of unbranched alkanes of at least 4 members (excludes halogenated alkanes) is 6. The Balaban J connectivity index is 3.12. The van der Waals surface area contributed by atoms with Crippen molar-refractivity contribution >= 4 is 35.1 Å². The van der Waals surface area contributed by atoms with Crippen molar-refractivity contribution in [1.82, 2.24) is 0 Å². The molecule has 0 aliphatic heterocycles. The maximum atomic E-state index is 11.0. The van der Waals surface area contributed by atoms with Crippen LogP contribution >= 0.6 is 23.2 Å². The lowest BCUT2D eigenvalue weighted by atomic mass is 10.1. The molecule has 0 saturated heterocycles. The third-order valence-electron chi connectivity index (χ3n) is 2.91. The van der Waals surface area contributed by atoms with Crippen LogP contribution < -0.4 is 0 Å². The van der Waals surface area contributed by atoms with E-state index in [1.165, 1.54) is 0 Å². The molecule has 0 aromatic heterocycles. The van der Waals surface area contributed by atoms with Crippen LogP contribution in [0.1, 0.15) is 57.8 Å².